The van der Waals surface area contributed by atoms with Gasteiger partial charge in [-0.05, 0) is 69.1 Å². The Balaban J connectivity index is 1.49. The van der Waals surface area contributed by atoms with E-state index in [1.807, 2.05) is 23.5 Å². The van der Waals surface area contributed by atoms with Crippen molar-refractivity contribution in [2.24, 2.45) is 0 Å². The van der Waals surface area contributed by atoms with Crippen LogP contribution in [0.5, 0.6) is 0 Å². The molecule has 3 heteroatoms. The molecule has 35 heavy (non-hydrogen) atoms. The summed E-state index contributed by atoms with van der Waals surface area (Å²) >= 11 is 15.3. The summed E-state index contributed by atoms with van der Waals surface area (Å²) in [4.78, 5) is 0. The van der Waals surface area contributed by atoms with Crippen LogP contribution in [0.3, 0.4) is 0 Å². The van der Waals surface area contributed by atoms with E-state index in [-0.39, 0.29) is 0 Å². The molecule has 0 aliphatic rings. The number of fused-ring (bicyclic) bond motifs is 5. The predicted octanol–water partition coefficient (Wildman–Crippen LogP) is 11.0. The summed E-state index contributed by atoms with van der Waals surface area (Å²) in [7, 11) is 0. The number of thiophene rings is 1. The lowest BCUT2D eigenvalue weighted by atomic mass is 9.95. The van der Waals surface area contributed by atoms with Gasteiger partial charge in [-0.2, -0.15) is 0 Å². The fourth-order valence-corrected chi connectivity index (χ4v) is 6.78. The van der Waals surface area contributed by atoms with Crippen LogP contribution >= 0.6 is 34.5 Å². The van der Waals surface area contributed by atoms with Crippen molar-refractivity contribution in [2.75, 3.05) is 0 Å². The predicted molar refractivity (Wildman–Crippen MR) is 155 cm³/mol. The summed E-state index contributed by atoms with van der Waals surface area (Å²) in [5, 5.41) is 8.74. The molecule has 0 bridgehead atoms. The molecule has 0 saturated carbocycles. The Kier molecular flexibility index (Phi) is 4.85. The Bertz CT molecular complexity index is 1790. The number of hydrogen-bond acceptors (Lipinski definition) is 1. The van der Waals surface area contributed by atoms with Crippen molar-refractivity contribution < 1.29 is 0 Å². The standard InChI is InChI=1S/C32H18Cl2S/c33-27-13-9-19-5-1-3-7-23(19)31(27)21-11-15-29-25(17-21)26-18-22(12-16-30(26)35-29)32-24-8-4-2-6-20(24)10-14-28(32)34/h1-18H. The highest BCUT2D eigenvalue weighted by atomic mass is 35.5. The maximum Gasteiger partial charge on any atom is 0.0490 e. The van der Waals surface area contributed by atoms with Gasteiger partial charge in [0.1, 0.15) is 0 Å². The average Bonchev–Trinajstić information content (AvgIpc) is 3.26. The average molecular weight is 505 g/mol. The van der Waals surface area contributed by atoms with Crippen LogP contribution in [-0.2, 0) is 0 Å². The van der Waals surface area contributed by atoms with Crippen molar-refractivity contribution in [3.8, 4) is 22.3 Å². The first-order chi connectivity index (χ1) is 17.2. The zero-order valence-corrected chi connectivity index (χ0v) is 20.9. The van der Waals surface area contributed by atoms with Crippen LogP contribution in [0.1, 0.15) is 0 Å². The largest absolute Gasteiger partial charge is 0.135 e. The molecule has 0 fully saturated rings. The molecule has 0 aliphatic carbocycles. The van der Waals surface area contributed by atoms with Crippen molar-refractivity contribution in [1.82, 2.24) is 0 Å². The number of halogens is 2. The van der Waals surface area contributed by atoms with Gasteiger partial charge < -0.3 is 0 Å². The highest BCUT2D eigenvalue weighted by Gasteiger charge is 2.14. The second kappa shape index (κ2) is 8.10. The van der Waals surface area contributed by atoms with Gasteiger partial charge in [0, 0.05) is 41.3 Å². The molecule has 7 rings (SSSR count). The smallest absolute Gasteiger partial charge is 0.0490 e. The van der Waals surface area contributed by atoms with Gasteiger partial charge in [0.05, 0.1) is 0 Å². The molecule has 7 aromatic rings. The van der Waals surface area contributed by atoms with E-state index < -0.39 is 0 Å². The minimum absolute atomic E-state index is 0.769. The van der Waals surface area contributed by atoms with Crippen molar-refractivity contribution in [3.05, 3.63) is 119 Å². The summed E-state index contributed by atoms with van der Waals surface area (Å²) in [5.41, 5.74) is 4.43. The highest BCUT2D eigenvalue weighted by Crippen LogP contribution is 2.43. The van der Waals surface area contributed by atoms with Crippen molar-refractivity contribution >= 4 is 76.3 Å². The van der Waals surface area contributed by atoms with Crippen molar-refractivity contribution in [1.29, 1.82) is 0 Å². The van der Waals surface area contributed by atoms with Gasteiger partial charge in [0.15, 0.2) is 0 Å². The Labute approximate surface area is 217 Å². The number of hydrogen-bond donors (Lipinski definition) is 0. The van der Waals surface area contributed by atoms with E-state index in [2.05, 4.69) is 97.1 Å². The van der Waals surface area contributed by atoms with Crippen LogP contribution in [0.25, 0.3) is 64.0 Å². The highest BCUT2D eigenvalue weighted by molar-refractivity contribution is 7.25. The summed E-state index contributed by atoms with van der Waals surface area (Å²) in [6.45, 7) is 0. The zero-order chi connectivity index (χ0) is 23.5. The molecule has 0 unspecified atom stereocenters. The van der Waals surface area contributed by atoms with E-state index in [9.17, 15) is 0 Å². The molecule has 0 saturated heterocycles. The lowest BCUT2D eigenvalue weighted by Crippen LogP contribution is -1.84. The van der Waals surface area contributed by atoms with Gasteiger partial charge in [0.25, 0.3) is 0 Å². The lowest BCUT2D eigenvalue weighted by Gasteiger charge is -2.11. The Morgan fingerprint density at radius 2 is 0.886 bits per heavy atom. The SMILES string of the molecule is Clc1ccc2ccccc2c1-c1ccc2sc3ccc(-c4c(Cl)ccc5ccccc45)cc3c2c1. The molecule has 166 valence electrons. The molecule has 0 atom stereocenters. The molecule has 0 spiro atoms. The molecule has 0 radical (unpaired) electrons. The van der Waals surface area contributed by atoms with Gasteiger partial charge in [-0.1, -0.05) is 96.0 Å². The Morgan fingerprint density at radius 1 is 0.429 bits per heavy atom. The van der Waals surface area contributed by atoms with Crippen molar-refractivity contribution in [3.63, 3.8) is 0 Å². The summed E-state index contributed by atoms with van der Waals surface area (Å²) in [6.07, 6.45) is 0. The topological polar surface area (TPSA) is 0 Å². The fraction of sp³-hybridized carbons (Fsp3) is 0. The van der Waals surface area contributed by atoms with Gasteiger partial charge in [-0.15, -0.1) is 11.3 Å². The van der Waals surface area contributed by atoms with E-state index in [1.54, 1.807) is 0 Å². The molecule has 0 nitrogen and oxygen atoms in total. The molecule has 0 N–H and O–H groups in total. The van der Waals surface area contributed by atoms with Crippen LogP contribution in [0.15, 0.2) is 109 Å². The van der Waals surface area contributed by atoms with E-state index in [1.165, 1.54) is 41.7 Å². The molecule has 1 heterocycles. The third kappa shape index (κ3) is 3.35. The van der Waals surface area contributed by atoms with Crippen molar-refractivity contribution in [2.45, 2.75) is 0 Å². The van der Waals surface area contributed by atoms with E-state index >= 15 is 0 Å². The quantitative estimate of drug-likeness (QED) is 0.219. The second-order valence-corrected chi connectivity index (χ2v) is 10.7. The summed E-state index contributed by atoms with van der Waals surface area (Å²) in [5.74, 6) is 0. The first-order valence-electron chi connectivity index (χ1n) is 11.5. The first kappa shape index (κ1) is 21.0. The van der Waals surface area contributed by atoms with E-state index in [0.717, 1.165) is 32.3 Å². The second-order valence-electron chi connectivity index (χ2n) is 8.81. The van der Waals surface area contributed by atoms with Crippen LogP contribution in [0.4, 0.5) is 0 Å². The summed E-state index contributed by atoms with van der Waals surface area (Å²) in [6, 6.07) is 38.4. The van der Waals surface area contributed by atoms with Gasteiger partial charge in [0.2, 0.25) is 0 Å². The number of rotatable bonds is 2. The molecular formula is C32H18Cl2S. The monoisotopic (exact) mass is 504 g/mol. The van der Waals surface area contributed by atoms with E-state index in [4.69, 9.17) is 23.2 Å². The molecule has 6 aromatic carbocycles. The van der Waals surface area contributed by atoms with Crippen LogP contribution in [-0.4, -0.2) is 0 Å². The molecule has 1 aromatic heterocycles. The third-order valence-corrected chi connectivity index (χ3v) is 8.58. The normalized spacial score (nSPS) is 11.7. The summed E-state index contributed by atoms with van der Waals surface area (Å²) < 4.78 is 2.53. The molecular weight excluding hydrogens is 487 g/mol. The fourth-order valence-electron chi connectivity index (χ4n) is 5.17. The van der Waals surface area contributed by atoms with E-state index in [0.29, 0.717) is 0 Å². The Morgan fingerprint density at radius 3 is 1.37 bits per heavy atom. The lowest BCUT2D eigenvalue weighted by molar-refractivity contribution is 1.69. The maximum absolute atomic E-state index is 6.75. The number of benzene rings is 6. The van der Waals surface area contributed by atoms with Gasteiger partial charge in [-0.3, -0.25) is 0 Å². The first-order valence-corrected chi connectivity index (χ1v) is 13.1. The Hall–Kier alpha value is -3.36. The van der Waals surface area contributed by atoms with Crippen LogP contribution in [0.2, 0.25) is 10.0 Å². The van der Waals surface area contributed by atoms with Gasteiger partial charge in [-0.25, -0.2) is 0 Å². The molecule has 0 amide bonds. The third-order valence-electron chi connectivity index (χ3n) is 6.80. The minimum Gasteiger partial charge on any atom is -0.135 e. The molecule has 0 aliphatic heterocycles. The van der Waals surface area contributed by atoms with Crippen LogP contribution in [0, 0.1) is 0 Å². The maximum atomic E-state index is 6.75. The minimum atomic E-state index is 0.769. The van der Waals surface area contributed by atoms with Crippen LogP contribution < -0.4 is 0 Å². The van der Waals surface area contributed by atoms with Gasteiger partial charge >= 0.3 is 0 Å². The zero-order valence-electron chi connectivity index (χ0n) is 18.6.